The summed E-state index contributed by atoms with van der Waals surface area (Å²) >= 11 is 0. The molecule has 1 heterocycles. The summed E-state index contributed by atoms with van der Waals surface area (Å²) in [7, 11) is -2.38. The third-order valence-corrected chi connectivity index (χ3v) is 10.4. The first kappa shape index (κ1) is 26.3. The van der Waals surface area contributed by atoms with Crippen molar-refractivity contribution in [2.24, 2.45) is 10.9 Å². The molecule has 32 heavy (non-hydrogen) atoms. The van der Waals surface area contributed by atoms with Crippen LogP contribution in [0.2, 0.25) is 18.1 Å². The average molecular weight is 466 g/mol. The van der Waals surface area contributed by atoms with Crippen LogP contribution in [-0.2, 0) is 14.3 Å². The number of ether oxygens (including phenoxy) is 1. The van der Waals surface area contributed by atoms with E-state index in [2.05, 4.69) is 15.6 Å². The molecule has 1 aliphatic heterocycles. The minimum atomic E-state index is -2.38. The SMILES string of the molecule is CCOC(=O)[C@@]12C[C@@H]1/C=C\CCCC=NC(=O)N[C@@H](CCCC(C)(C)[Si](C)(C)O)C(=O)N2. The second kappa shape index (κ2) is 10.7. The molecule has 0 bridgehead atoms. The molecular weight excluding hydrogens is 426 g/mol. The Labute approximate surface area is 192 Å². The third-order valence-electron chi connectivity index (χ3n) is 6.85. The number of nitrogens with zero attached hydrogens (tertiary/aromatic N) is 1. The van der Waals surface area contributed by atoms with Crippen LogP contribution in [0.1, 0.15) is 65.7 Å². The number of hydrogen-bond acceptors (Lipinski definition) is 5. The Hall–Kier alpha value is -2.00. The number of esters is 1. The Balaban J connectivity index is 2.18. The van der Waals surface area contributed by atoms with Gasteiger partial charge in [0.2, 0.25) is 5.91 Å². The van der Waals surface area contributed by atoms with Crippen LogP contribution in [0, 0.1) is 5.92 Å². The number of nitrogens with one attached hydrogen (secondary N) is 2. The fraction of sp³-hybridized carbons (Fsp3) is 0.739. The number of carbonyl (C=O) groups is 3. The number of carbonyl (C=O) groups excluding carboxylic acids is 3. The second-order valence-electron chi connectivity index (χ2n) is 10.00. The summed E-state index contributed by atoms with van der Waals surface area (Å²) in [5, 5.41) is 5.35. The smallest absolute Gasteiger partial charge is 0.341 e. The van der Waals surface area contributed by atoms with Crippen molar-refractivity contribution in [3.63, 3.8) is 0 Å². The molecule has 2 rings (SSSR count). The molecule has 0 aromatic heterocycles. The highest BCUT2D eigenvalue weighted by Gasteiger charge is 2.61. The number of hydrogen-bond donors (Lipinski definition) is 3. The van der Waals surface area contributed by atoms with E-state index in [0.29, 0.717) is 25.7 Å². The van der Waals surface area contributed by atoms with Crippen LogP contribution >= 0.6 is 0 Å². The molecule has 0 unspecified atom stereocenters. The van der Waals surface area contributed by atoms with E-state index < -0.39 is 37.8 Å². The molecule has 0 saturated heterocycles. The standard InChI is InChI=1S/C23H39N3O5Si/c1-6-31-20(28)23-16-17(23)12-9-7-8-10-15-24-21(29)25-18(19(27)26-23)13-11-14-22(2,3)32(4,5)30/h9,12,15,17-18,30H,6-8,10-11,13-14,16H2,1-5H3,(H,25,29)(H,26,27)/b12-9-,24-15?/t17-,18-,23+/m0/s1. The lowest BCUT2D eigenvalue weighted by Crippen LogP contribution is -2.53. The first-order valence-corrected chi connectivity index (χ1v) is 14.6. The molecule has 1 saturated carbocycles. The zero-order valence-corrected chi connectivity index (χ0v) is 21.1. The predicted molar refractivity (Wildman–Crippen MR) is 127 cm³/mol. The number of fused-ring (bicyclic) bond motifs is 1. The highest BCUT2D eigenvalue weighted by Crippen LogP contribution is 2.46. The first-order chi connectivity index (χ1) is 14.9. The molecule has 3 amide bonds. The summed E-state index contributed by atoms with van der Waals surface area (Å²) in [6.07, 6.45) is 10.1. The van der Waals surface area contributed by atoms with Crippen molar-refractivity contribution < 1.29 is 23.9 Å². The van der Waals surface area contributed by atoms with E-state index >= 15 is 0 Å². The van der Waals surface area contributed by atoms with Crippen molar-refractivity contribution in [2.45, 2.75) is 95.4 Å². The van der Waals surface area contributed by atoms with Crippen molar-refractivity contribution >= 4 is 32.4 Å². The van der Waals surface area contributed by atoms with Gasteiger partial charge in [-0.1, -0.05) is 32.4 Å². The molecular formula is C23H39N3O5Si. The summed E-state index contributed by atoms with van der Waals surface area (Å²) < 4.78 is 5.24. The van der Waals surface area contributed by atoms with Crippen LogP contribution in [0.5, 0.6) is 0 Å². The summed E-state index contributed by atoms with van der Waals surface area (Å²) in [6, 6.07) is -1.38. The van der Waals surface area contributed by atoms with Crippen LogP contribution < -0.4 is 10.6 Å². The molecule has 180 valence electrons. The quantitative estimate of drug-likeness (QED) is 0.302. The number of amides is 3. The third kappa shape index (κ3) is 6.75. The van der Waals surface area contributed by atoms with Gasteiger partial charge in [-0.3, -0.25) is 4.79 Å². The summed E-state index contributed by atoms with van der Waals surface area (Å²) in [5.41, 5.74) is -1.07. The van der Waals surface area contributed by atoms with Crippen LogP contribution in [0.3, 0.4) is 0 Å². The van der Waals surface area contributed by atoms with Gasteiger partial charge >= 0.3 is 12.0 Å². The Bertz CT molecular complexity index is 759. The van der Waals surface area contributed by atoms with E-state index in [1.807, 2.05) is 39.1 Å². The molecule has 1 aliphatic carbocycles. The van der Waals surface area contributed by atoms with Crippen molar-refractivity contribution in [3.8, 4) is 0 Å². The van der Waals surface area contributed by atoms with Crippen molar-refractivity contribution in [1.82, 2.24) is 10.6 Å². The number of rotatable bonds is 7. The van der Waals surface area contributed by atoms with Crippen molar-refractivity contribution in [1.29, 1.82) is 0 Å². The van der Waals surface area contributed by atoms with E-state index in [-0.39, 0.29) is 17.6 Å². The molecule has 9 heteroatoms. The molecule has 3 N–H and O–H groups in total. The van der Waals surface area contributed by atoms with E-state index in [1.54, 1.807) is 13.1 Å². The molecule has 0 aromatic rings. The topological polar surface area (TPSA) is 117 Å². The molecule has 0 aromatic carbocycles. The van der Waals surface area contributed by atoms with Crippen molar-refractivity contribution in [2.75, 3.05) is 6.61 Å². The van der Waals surface area contributed by atoms with E-state index in [0.717, 1.165) is 19.3 Å². The van der Waals surface area contributed by atoms with Gasteiger partial charge in [-0.2, -0.15) is 0 Å². The number of urea groups is 1. The first-order valence-electron chi connectivity index (χ1n) is 11.6. The van der Waals surface area contributed by atoms with Crippen LogP contribution in [0.15, 0.2) is 17.1 Å². The van der Waals surface area contributed by atoms with Gasteiger partial charge in [-0.15, -0.1) is 0 Å². The molecule has 0 radical (unpaired) electrons. The predicted octanol–water partition coefficient (Wildman–Crippen LogP) is 3.46. The maximum Gasteiger partial charge on any atom is 0.341 e. The minimum Gasteiger partial charge on any atom is -0.464 e. The fourth-order valence-corrected chi connectivity index (χ4v) is 4.55. The zero-order chi connectivity index (χ0) is 24.0. The maximum atomic E-state index is 13.2. The van der Waals surface area contributed by atoms with Crippen molar-refractivity contribution in [3.05, 3.63) is 12.2 Å². The molecule has 0 spiro atoms. The summed E-state index contributed by atoms with van der Waals surface area (Å²) in [4.78, 5) is 52.6. The van der Waals surface area contributed by atoms with Gasteiger partial charge in [-0.05, 0) is 63.6 Å². The van der Waals surface area contributed by atoms with Gasteiger partial charge in [0.05, 0.1) is 6.61 Å². The fourth-order valence-electron chi connectivity index (χ4n) is 3.76. The maximum absolute atomic E-state index is 13.2. The van der Waals surface area contributed by atoms with Gasteiger partial charge in [0.1, 0.15) is 11.6 Å². The van der Waals surface area contributed by atoms with E-state index in [9.17, 15) is 19.2 Å². The van der Waals surface area contributed by atoms with Gasteiger partial charge in [0, 0.05) is 12.1 Å². The minimum absolute atomic E-state index is 0.112. The van der Waals surface area contributed by atoms with Gasteiger partial charge < -0.3 is 20.2 Å². The number of allylic oxidation sites excluding steroid dienone is 1. The van der Waals surface area contributed by atoms with Gasteiger partial charge in [0.25, 0.3) is 0 Å². The van der Waals surface area contributed by atoms with E-state index in [1.165, 1.54) is 0 Å². The Morgan fingerprint density at radius 3 is 2.72 bits per heavy atom. The van der Waals surface area contributed by atoms with Gasteiger partial charge in [0.15, 0.2) is 8.32 Å². The Morgan fingerprint density at radius 2 is 2.06 bits per heavy atom. The summed E-state index contributed by atoms with van der Waals surface area (Å²) in [6.45, 7) is 9.85. The molecule has 2 aliphatic rings. The normalized spacial score (nSPS) is 28.1. The number of aliphatic imine (C=N–C) groups is 1. The van der Waals surface area contributed by atoms with E-state index in [4.69, 9.17) is 4.74 Å². The van der Waals surface area contributed by atoms with Crippen LogP contribution in [0.4, 0.5) is 4.79 Å². The highest BCUT2D eigenvalue weighted by atomic mass is 28.4. The zero-order valence-electron chi connectivity index (χ0n) is 20.1. The molecule has 1 fully saturated rings. The lowest BCUT2D eigenvalue weighted by atomic mass is 10.0. The summed E-state index contributed by atoms with van der Waals surface area (Å²) in [5.74, 6) is -0.959. The largest absolute Gasteiger partial charge is 0.464 e. The second-order valence-corrected chi connectivity index (χ2v) is 14.5. The van der Waals surface area contributed by atoms with Crippen LogP contribution in [-0.4, -0.2) is 55.4 Å². The van der Waals surface area contributed by atoms with Crippen LogP contribution in [0.25, 0.3) is 0 Å². The monoisotopic (exact) mass is 465 g/mol. The Kier molecular flexibility index (Phi) is 8.81. The Morgan fingerprint density at radius 1 is 1.34 bits per heavy atom. The molecule has 8 nitrogen and oxygen atoms in total. The molecule has 3 atom stereocenters. The lowest BCUT2D eigenvalue weighted by molar-refractivity contribution is -0.149. The van der Waals surface area contributed by atoms with Gasteiger partial charge in [-0.25, -0.2) is 14.6 Å². The lowest BCUT2D eigenvalue weighted by Gasteiger charge is -2.35. The average Bonchev–Trinajstić information content (AvgIpc) is 3.38. The highest BCUT2D eigenvalue weighted by molar-refractivity contribution is 6.72.